The molecule has 1 aliphatic rings. The van der Waals surface area contributed by atoms with Crippen LogP contribution in [0.3, 0.4) is 0 Å². The van der Waals surface area contributed by atoms with Crippen LogP contribution in [0.15, 0.2) is 35.5 Å². The normalized spacial score (nSPS) is 19.0. The van der Waals surface area contributed by atoms with Crippen molar-refractivity contribution in [1.82, 2.24) is 5.32 Å². The summed E-state index contributed by atoms with van der Waals surface area (Å²) in [6.45, 7) is 2.03. The van der Waals surface area contributed by atoms with E-state index in [-0.39, 0.29) is 17.3 Å². The quantitative estimate of drug-likeness (QED) is 0.399. The van der Waals surface area contributed by atoms with E-state index in [0.29, 0.717) is 35.7 Å². The van der Waals surface area contributed by atoms with Crippen molar-refractivity contribution < 1.29 is 14.3 Å². The third-order valence-electron chi connectivity index (χ3n) is 3.35. The van der Waals surface area contributed by atoms with Gasteiger partial charge in [-0.25, -0.2) is 4.79 Å². The molecule has 1 unspecified atom stereocenters. The van der Waals surface area contributed by atoms with Crippen molar-refractivity contribution in [2.45, 2.75) is 25.8 Å². The van der Waals surface area contributed by atoms with Crippen LogP contribution in [0.5, 0.6) is 0 Å². The number of nitriles is 1. The number of hydrogen-bond donors (Lipinski definition) is 1. The lowest BCUT2D eigenvalue weighted by Crippen LogP contribution is -2.32. The first kappa shape index (κ1) is 16.1. The fraction of sp³-hybridized carbons (Fsp3) is 0.312. The molecule has 0 aromatic heterocycles. The second kappa shape index (κ2) is 7.10. The van der Waals surface area contributed by atoms with Crippen LogP contribution in [0.2, 0.25) is 5.02 Å². The van der Waals surface area contributed by atoms with Gasteiger partial charge in [-0.05, 0) is 44.0 Å². The summed E-state index contributed by atoms with van der Waals surface area (Å²) < 4.78 is 4.94. The number of carbonyl (C=O) groups is 2. The SMILES string of the molecule is CCOC(=O)C1CCC(=C(C#N)C(=O)c2ccc(Cl)cc2)N1. The monoisotopic (exact) mass is 318 g/mol. The number of nitrogens with zero attached hydrogens (tertiary/aromatic N) is 1. The number of carbonyl (C=O) groups excluding carboxylic acids is 2. The van der Waals surface area contributed by atoms with Crippen molar-refractivity contribution >= 4 is 23.4 Å². The summed E-state index contributed by atoms with van der Waals surface area (Å²) in [5.41, 5.74) is 0.893. The van der Waals surface area contributed by atoms with Crippen LogP contribution in [0.4, 0.5) is 0 Å². The van der Waals surface area contributed by atoms with Crippen molar-refractivity contribution in [3.63, 3.8) is 0 Å². The van der Waals surface area contributed by atoms with Gasteiger partial charge in [0, 0.05) is 16.3 Å². The minimum Gasteiger partial charge on any atom is -0.464 e. The van der Waals surface area contributed by atoms with Gasteiger partial charge >= 0.3 is 5.97 Å². The van der Waals surface area contributed by atoms with E-state index in [2.05, 4.69) is 5.32 Å². The molecule has 1 aromatic carbocycles. The second-order valence-corrected chi connectivity index (χ2v) is 5.23. The van der Waals surface area contributed by atoms with Gasteiger partial charge in [0.1, 0.15) is 17.7 Å². The fourth-order valence-electron chi connectivity index (χ4n) is 2.26. The number of rotatable bonds is 4. The highest BCUT2D eigenvalue weighted by Crippen LogP contribution is 2.22. The summed E-state index contributed by atoms with van der Waals surface area (Å²) >= 11 is 5.79. The Kier molecular flexibility index (Phi) is 5.18. The Morgan fingerprint density at radius 3 is 2.68 bits per heavy atom. The number of esters is 1. The van der Waals surface area contributed by atoms with Crippen molar-refractivity contribution in [3.05, 3.63) is 46.1 Å². The van der Waals surface area contributed by atoms with Crippen LogP contribution >= 0.6 is 11.6 Å². The summed E-state index contributed by atoms with van der Waals surface area (Å²) in [5.74, 6) is -0.750. The van der Waals surface area contributed by atoms with Gasteiger partial charge in [-0.2, -0.15) is 5.26 Å². The maximum atomic E-state index is 12.4. The fourth-order valence-corrected chi connectivity index (χ4v) is 2.39. The molecule has 0 bridgehead atoms. The molecule has 5 nitrogen and oxygen atoms in total. The average molecular weight is 319 g/mol. The van der Waals surface area contributed by atoms with E-state index in [1.807, 2.05) is 6.07 Å². The molecule has 1 heterocycles. The summed E-state index contributed by atoms with van der Waals surface area (Å²) in [6, 6.07) is 7.76. The zero-order valence-corrected chi connectivity index (χ0v) is 12.8. The molecule has 114 valence electrons. The van der Waals surface area contributed by atoms with E-state index in [1.54, 1.807) is 31.2 Å². The first-order valence-corrected chi connectivity index (χ1v) is 7.31. The van der Waals surface area contributed by atoms with Gasteiger partial charge in [0.15, 0.2) is 0 Å². The predicted molar refractivity (Wildman–Crippen MR) is 81.2 cm³/mol. The summed E-state index contributed by atoms with van der Waals surface area (Å²) in [7, 11) is 0. The van der Waals surface area contributed by atoms with Gasteiger partial charge in [0.25, 0.3) is 0 Å². The second-order valence-electron chi connectivity index (χ2n) is 4.79. The lowest BCUT2D eigenvalue weighted by Gasteiger charge is -2.10. The van der Waals surface area contributed by atoms with Crippen LogP contribution in [0, 0.1) is 11.3 Å². The van der Waals surface area contributed by atoms with Gasteiger partial charge in [0.2, 0.25) is 5.78 Å². The number of benzene rings is 1. The van der Waals surface area contributed by atoms with Gasteiger partial charge < -0.3 is 10.1 Å². The molecule has 0 radical (unpaired) electrons. The number of ketones is 1. The number of allylic oxidation sites excluding steroid dienone is 2. The van der Waals surface area contributed by atoms with E-state index in [9.17, 15) is 14.9 Å². The van der Waals surface area contributed by atoms with Gasteiger partial charge in [0.05, 0.1) is 6.61 Å². The Bertz CT molecular complexity index is 659. The van der Waals surface area contributed by atoms with Gasteiger partial charge in [-0.15, -0.1) is 0 Å². The van der Waals surface area contributed by atoms with E-state index < -0.39 is 6.04 Å². The number of nitrogens with one attached hydrogen (secondary N) is 1. The number of halogens is 1. The molecule has 6 heteroatoms. The molecule has 1 aromatic rings. The van der Waals surface area contributed by atoms with Crippen LogP contribution in [0.25, 0.3) is 0 Å². The molecule has 0 aliphatic carbocycles. The molecular weight excluding hydrogens is 304 g/mol. The van der Waals surface area contributed by atoms with E-state index >= 15 is 0 Å². The Hall–Kier alpha value is -2.32. The molecule has 2 rings (SSSR count). The topological polar surface area (TPSA) is 79.2 Å². The van der Waals surface area contributed by atoms with E-state index in [4.69, 9.17) is 16.3 Å². The average Bonchev–Trinajstić information content (AvgIpc) is 2.98. The summed E-state index contributed by atoms with van der Waals surface area (Å²) in [6.07, 6.45) is 0.971. The highest BCUT2D eigenvalue weighted by atomic mass is 35.5. The van der Waals surface area contributed by atoms with Crippen LogP contribution in [0.1, 0.15) is 30.1 Å². The Morgan fingerprint density at radius 1 is 1.41 bits per heavy atom. The third kappa shape index (κ3) is 3.46. The van der Waals surface area contributed by atoms with Gasteiger partial charge in [-0.1, -0.05) is 11.6 Å². The number of ether oxygens (including phenoxy) is 1. The molecule has 22 heavy (non-hydrogen) atoms. The predicted octanol–water partition coefficient (Wildman–Crippen LogP) is 2.62. The molecule has 0 amide bonds. The maximum Gasteiger partial charge on any atom is 0.328 e. The molecule has 1 atom stereocenters. The highest BCUT2D eigenvalue weighted by Gasteiger charge is 2.30. The Labute approximate surface area is 133 Å². The lowest BCUT2D eigenvalue weighted by atomic mass is 10.0. The van der Waals surface area contributed by atoms with Crippen molar-refractivity contribution in [1.29, 1.82) is 5.26 Å². The minimum atomic E-state index is -0.503. The number of Topliss-reactive ketones (excluding diaryl/α,β-unsaturated/α-hetero) is 1. The van der Waals surface area contributed by atoms with Crippen LogP contribution in [-0.4, -0.2) is 24.4 Å². The van der Waals surface area contributed by atoms with Crippen LogP contribution < -0.4 is 5.32 Å². The standard InChI is InChI=1S/C16H15ClN2O3/c1-2-22-16(21)14-8-7-13(19-14)12(9-18)15(20)10-3-5-11(17)6-4-10/h3-6,14,19H,2,7-8H2,1H3. The molecule has 0 spiro atoms. The summed E-state index contributed by atoms with van der Waals surface area (Å²) in [4.78, 5) is 24.1. The maximum absolute atomic E-state index is 12.4. The smallest absolute Gasteiger partial charge is 0.328 e. The Balaban J connectivity index is 2.21. The van der Waals surface area contributed by atoms with Crippen molar-refractivity contribution in [2.75, 3.05) is 6.61 Å². The van der Waals surface area contributed by atoms with E-state index in [0.717, 1.165) is 0 Å². The third-order valence-corrected chi connectivity index (χ3v) is 3.60. The minimum absolute atomic E-state index is 0.0223. The zero-order valence-electron chi connectivity index (χ0n) is 12.1. The molecular formula is C16H15ClN2O3. The summed E-state index contributed by atoms with van der Waals surface area (Å²) in [5, 5.41) is 12.7. The molecule has 1 aliphatic heterocycles. The first-order chi connectivity index (χ1) is 10.6. The van der Waals surface area contributed by atoms with E-state index in [1.165, 1.54) is 0 Å². The van der Waals surface area contributed by atoms with Crippen molar-refractivity contribution in [3.8, 4) is 6.07 Å². The lowest BCUT2D eigenvalue weighted by molar-refractivity contribution is -0.145. The largest absolute Gasteiger partial charge is 0.464 e. The molecule has 1 saturated heterocycles. The zero-order chi connectivity index (χ0) is 16.1. The Morgan fingerprint density at radius 2 is 2.09 bits per heavy atom. The molecule has 1 fully saturated rings. The van der Waals surface area contributed by atoms with Crippen LogP contribution in [-0.2, 0) is 9.53 Å². The number of hydrogen-bond acceptors (Lipinski definition) is 5. The molecule has 1 N–H and O–H groups in total. The van der Waals surface area contributed by atoms with Crippen molar-refractivity contribution in [2.24, 2.45) is 0 Å². The highest BCUT2D eigenvalue weighted by molar-refractivity contribution is 6.30. The molecule has 0 saturated carbocycles. The van der Waals surface area contributed by atoms with Gasteiger partial charge in [-0.3, -0.25) is 4.79 Å². The first-order valence-electron chi connectivity index (χ1n) is 6.93.